The van der Waals surface area contributed by atoms with Gasteiger partial charge in [-0.1, -0.05) is 11.6 Å². The molecule has 1 aromatic carbocycles. The van der Waals surface area contributed by atoms with Crippen molar-refractivity contribution in [2.24, 2.45) is 0 Å². The topological polar surface area (TPSA) is 17.1 Å². The molecule has 0 saturated heterocycles. The predicted octanol–water partition coefficient (Wildman–Crippen LogP) is 4.84. The summed E-state index contributed by atoms with van der Waals surface area (Å²) in [5.41, 5.74) is 1.37. The van der Waals surface area contributed by atoms with Crippen molar-refractivity contribution < 1.29 is 9.18 Å². The Labute approximate surface area is 115 Å². The van der Waals surface area contributed by atoms with Gasteiger partial charge < -0.3 is 0 Å². The molecule has 0 N–H and O–H groups in total. The van der Waals surface area contributed by atoms with Crippen LogP contribution < -0.4 is 0 Å². The molecule has 1 heterocycles. The van der Waals surface area contributed by atoms with Crippen LogP contribution in [0.15, 0.2) is 27.4 Å². The Morgan fingerprint density at radius 3 is 2.65 bits per heavy atom. The number of carbonyl (C=O) groups excluding carboxylic acids is 1. The molecule has 0 aliphatic rings. The van der Waals surface area contributed by atoms with Crippen LogP contribution in [0.5, 0.6) is 0 Å². The first-order chi connectivity index (χ1) is 8.00. The van der Waals surface area contributed by atoms with Crippen molar-refractivity contribution in [1.82, 2.24) is 0 Å². The molecule has 0 fully saturated rings. The Morgan fingerprint density at radius 2 is 2.06 bits per heavy atom. The van der Waals surface area contributed by atoms with Crippen LogP contribution in [0.4, 0.5) is 4.39 Å². The Hall–Kier alpha value is -0.710. The van der Waals surface area contributed by atoms with Crippen LogP contribution in [-0.4, -0.2) is 5.78 Å². The summed E-state index contributed by atoms with van der Waals surface area (Å²) in [7, 11) is 0. The van der Waals surface area contributed by atoms with E-state index in [4.69, 9.17) is 11.6 Å². The molecule has 1 aromatic heterocycles. The summed E-state index contributed by atoms with van der Waals surface area (Å²) >= 11 is 10.4. The van der Waals surface area contributed by atoms with Gasteiger partial charge in [0.1, 0.15) is 5.82 Å². The number of carbonyl (C=O) groups is 1. The van der Waals surface area contributed by atoms with Gasteiger partial charge in [-0.05, 0) is 45.9 Å². The minimum absolute atomic E-state index is 0.000278. The molecule has 0 amide bonds. The quantitative estimate of drug-likeness (QED) is 0.567. The van der Waals surface area contributed by atoms with Crippen LogP contribution in [0.1, 0.15) is 21.5 Å². The van der Waals surface area contributed by atoms with Gasteiger partial charge in [0.05, 0.1) is 10.6 Å². The van der Waals surface area contributed by atoms with E-state index in [9.17, 15) is 9.18 Å². The SMILES string of the molecule is Cc1cscc1C(=O)c1cc(Cl)c(Br)cc1F. The van der Waals surface area contributed by atoms with Gasteiger partial charge in [0, 0.05) is 15.4 Å². The summed E-state index contributed by atoms with van der Waals surface area (Å²) in [4.78, 5) is 12.1. The Bertz CT molecular complexity index is 594. The van der Waals surface area contributed by atoms with Crippen LogP contribution in [0.2, 0.25) is 5.02 Å². The number of ketones is 1. The maximum absolute atomic E-state index is 13.7. The van der Waals surface area contributed by atoms with Gasteiger partial charge in [-0.3, -0.25) is 4.79 Å². The van der Waals surface area contributed by atoms with E-state index in [1.807, 2.05) is 12.3 Å². The number of hydrogen-bond donors (Lipinski definition) is 0. The number of rotatable bonds is 2. The fourth-order valence-electron chi connectivity index (χ4n) is 1.43. The highest BCUT2D eigenvalue weighted by Crippen LogP contribution is 2.28. The molecule has 0 bridgehead atoms. The molecule has 0 aliphatic heterocycles. The molecule has 88 valence electrons. The molecule has 2 rings (SSSR count). The number of benzene rings is 1. The zero-order chi connectivity index (χ0) is 12.6. The van der Waals surface area contributed by atoms with Gasteiger partial charge in [-0.2, -0.15) is 11.3 Å². The molecular formula is C12H7BrClFOS. The minimum atomic E-state index is -0.572. The summed E-state index contributed by atoms with van der Waals surface area (Å²) in [6.45, 7) is 1.82. The van der Waals surface area contributed by atoms with E-state index >= 15 is 0 Å². The average molecular weight is 334 g/mol. The van der Waals surface area contributed by atoms with Crippen LogP contribution in [0.25, 0.3) is 0 Å². The highest BCUT2D eigenvalue weighted by atomic mass is 79.9. The molecule has 0 radical (unpaired) electrons. The largest absolute Gasteiger partial charge is 0.288 e. The maximum Gasteiger partial charge on any atom is 0.197 e. The fraction of sp³-hybridized carbons (Fsp3) is 0.0833. The van der Waals surface area contributed by atoms with E-state index < -0.39 is 5.82 Å². The van der Waals surface area contributed by atoms with Crippen LogP contribution in [0.3, 0.4) is 0 Å². The minimum Gasteiger partial charge on any atom is -0.288 e. The van der Waals surface area contributed by atoms with Crippen LogP contribution in [0, 0.1) is 12.7 Å². The molecule has 0 atom stereocenters. The highest BCUT2D eigenvalue weighted by molar-refractivity contribution is 9.10. The monoisotopic (exact) mass is 332 g/mol. The Kier molecular flexibility index (Phi) is 3.66. The molecule has 5 heteroatoms. The maximum atomic E-state index is 13.7. The first-order valence-electron chi connectivity index (χ1n) is 4.72. The Morgan fingerprint density at radius 1 is 1.35 bits per heavy atom. The second kappa shape index (κ2) is 4.88. The molecule has 0 spiro atoms. The lowest BCUT2D eigenvalue weighted by molar-refractivity contribution is 0.103. The Balaban J connectivity index is 2.52. The molecule has 2 aromatic rings. The molecule has 0 unspecified atom stereocenters. The van der Waals surface area contributed by atoms with Crippen molar-refractivity contribution in [3.05, 3.63) is 54.9 Å². The standard InChI is InChI=1S/C12H7BrClFOS/c1-6-4-17-5-8(6)12(16)7-2-10(14)9(13)3-11(7)15/h2-5H,1H3. The van der Waals surface area contributed by atoms with Crippen molar-refractivity contribution in [1.29, 1.82) is 0 Å². The second-order valence-electron chi connectivity index (χ2n) is 3.54. The first-order valence-corrected chi connectivity index (χ1v) is 6.84. The fourth-order valence-corrected chi connectivity index (χ4v) is 2.74. The van der Waals surface area contributed by atoms with Gasteiger partial charge in [0.25, 0.3) is 0 Å². The molecular weight excluding hydrogens is 327 g/mol. The second-order valence-corrected chi connectivity index (χ2v) is 5.55. The summed E-state index contributed by atoms with van der Waals surface area (Å²) in [5.74, 6) is -0.910. The van der Waals surface area contributed by atoms with Gasteiger partial charge >= 0.3 is 0 Å². The van der Waals surface area contributed by atoms with Crippen LogP contribution >= 0.6 is 38.9 Å². The third-order valence-corrected chi connectivity index (χ3v) is 4.41. The van der Waals surface area contributed by atoms with Crippen molar-refractivity contribution in [3.63, 3.8) is 0 Å². The molecule has 1 nitrogen and oxygen atoms in total. The third kappa shape index (κ3) is 2.44. The highest BCUT2D eigenvalue weighted by Gasteiger charge is 2.18. The third-order valence-electron chi connectivity index (χ3n) is 2.35. The van der Waals surface area contributed by atoms with Gasteiger partial charge in [0.15, 0.2) is 5.78 Å². The van der Waals surface area contributed by atoms with Crippen molar-refractivity contribution in [2.45, 2.75) is 6.92 Å². The summed E-state index contributed by atoms with van der Waals surface area (Å²) in [5, 5.41) is 3.89. The van der Waals surface area contributed by atoms with E-state index in [1.165, 1.54) is 23.5 Å². The van der Waals surface area contributed by atoms with Crippen molar-refractivity contribution >= 4 is 44.7 Å². The van der Waals surface area contributed by atoms with Gasteiger partial charge in [0.2, 0.25) is 0 Å². The number of halogens is 3. The van der Waals surface area contributed by atoms with Crippen molar-refractivity contribution in [3.8, 4) is 0 Å². The summed E-state index contributed by atoms with van der Waals surface area (Å²) < 4.78 is 14.1. The van der Waals surface area contributed by atoms with E-state index in [0.29, 0.717) is 15.1 Å². The lowest BCUT2D eigenvalue weighted by Gasteiger charge is -2.04. The van der Waals surface area contributed by atoms with Crippen LogP contribution in [-0.2, 0) is 0 Å². The predicted molar refractivity (Wildman–Crippen MR) is 71.6 cm³/mol. The first kappa shape index (κ1) is 12.7. The van der Waals surface area contributed by atoms with Gasteiger partial charge in [-0.25, -0.2) is 4.39 Å². The number of hydrogen-bond acceptors (Lipinski definition) is 2. The molecule has 0 aliphatic carbocycles. The molecule has 17 heavy (non-hydrogen) atoms. The normalized spacial score (nSPS) is 10.6. The van der Waals surface area contributed by atoms with E-state index in [0.717, 1.165) is 5.56 Å². The summed E-state index contributed by atoms with van der Waals surface area (Å²) in [6, 6.07) is 2.55. The van der Waals surface area contributed by atoms with E-state index in [2.05, 4.69) is 15.9 Å². The lowest BCUT2D eigenvalue weighted by Crippen LogP contribution is -2.04. The number of aryl methyl sites for hydroxylation is 1. The zero-order valence-corrected chi connectivity index (χ0v) is 11.9. The lowest BCUT2D eigenvalue weighted by atomic mass is 10.0. The smallest absolute Gasteiger partial charge is 0.197 e. The van der Waals surface area contributed by atoms with Crippen molar-refractivity contribution in [2.75, 3.05) is 0 Å². The van der Waals surface area contributed by atoms with Gasteiger partial charge in [-0.15, -0.1) is 0 Å². The number of thiophene rings is 1. The zero-order valence-electron chi connectivity index (χ0n) is 8.76. The summed E-state index contributed by atoms with van der Waals surface area (Å²) in [6.07, 6.45) is 0. The average Bonchev–Trinajstić information content (AvgIpc) is 2.69. The van der Waals surface area contributed by atoms with E-state index in [1.54, 1.807) is 5.38 Å². The van der Waals surface area contributed by atoms with E-state index in [-0.39, 0.29) is 11.3 Å². The molecule has 0 saturated carbocycles.